The molecule has 0 saturated heterocycles. The number of nitrogens with two attached hydrogens (primary N) is 1. The van der Waals surface area contributed by atoms with Crippen molar-refractivity contribution in [2.45, 2.75) is 32.1 Å². The Hall–Kier alpha value is -1.84. The summed E-state index contributed by atoms with van der Waals surface area (Å²) in [6, 6.07) is 12.6. The molecule has 2 aliphatic rings. The van der Waals surface area contributed by atoms with Crippen molar-refractivity contribution in [3.8, 4) is 5.75 Å². The van der Waals surface area contributed by atoms with Crippen LogP contribution in [0.1, 0.15) is 40.3 Å². The Balaban J connectivity index is 1.73. The second-order valence-corrected chi connectivity index (χ2v) is 5.79. The van der Waals surface area contributed by atoms with Gasteiger partial charge < -0.3 is 15.2 Å². The lowest BCUT2D eigenvalue weighted by Gasteiger charge is -2.23. The lowest BCUT2D eigenvalue weighted by molar-refractivity contribution is 0.134. The first kappa shape index (κ1) is 12.9. The summed E-state index contributed by atoms with van der Waals surface area (Å²) < 4.78 is 11.4. The van der Waals surface area contributed by atoms with Gasteiger partial charge in [0, 0.05) is 5.56 Å². The molecule has 0 aliphatic carbocycles. The highest BCUT2D eigenvalue weighted by Crippen LogP contribution is 2.35. The molecule has 2 aliphatic heterocycles. The van der Waals surface area contributed by atoms with Crippen molar-refractivity contribution in [3.63, 3.8) is 0 Å². The van der Waals surface area contributed by atoms with Crippen molar-refractivity contribution in [1.29, 1.82) is 0 Å². The molecule has 0 amide bonds. The Morgan fingerprint density at radius 3 is 2.86 bits per heavy atom. The maximum atomic E-state index is 6.51. The van der Waals surface area contributed by atoms with Crippen LogP contribution in [-0.2, 0) is 24.4 Å². The summed E-state index contributed by atoms with van der Waals surface area (Å²) >= 11 is 0. The van der Waals surface area contributed by atoms with Gasteiger partial charge in [0.15, 0.2) is 0 Å². The first-order chi connectivity index (χ1) is 10.3. The van der Waals surface area contributed by atoms with Crippen molar-refractivity contribution in [1.82, 2.24) is 0 Å². The molecule has 0 spiro atoms. The molecule has 4 rings (SSSR count). The van der Waals surface area contributed by atoms with Crippen LogP contribution in [0.5, 0.6) is 5.75 Å². The van der Waals surface area contributed by atoms with Crippen molar-refractivity contribution >= 4 is 0 Å². The maximum Gasteiger partial charge on any atom is 0.127 e. The van der Waals surface area contributed by atoms with E-state index in [9.17, 15) is 0 Å². The van der Waals surface area contributed by atoms with Gasteiger partial charge in [-0.05, 0) is 35.1 Å². The SMILES string of the molecule is NC(c1ccc2c(c1)COC2)c1cccc2c1OCCC2. The number of ether oxygens (including phenoxy) is 2. The van der Waals surface area contributed by atoms with Gasteiger partial charge in [-0.1, -0.05) is 36.4 Å². The molecule has 2 N–H and O–H groups in total. The Morgan fingerprint density at radius 2 is 1.90 bits per heavy atom. The third-order valence-electron chi connectivity index (χ3n) is 4.40. The van der Waals surface area contributed by atoms with E-state index in [1.165, 1.54) is 16.7 Å². The highest BCUT2D eigenvalue weighted by atomic mass is 16.5. The molecule has 3 nitrogen and oxygen atoms in total. The summed E-state index contributed by atoms with van der Waals surface area (Å²) in [5.41, 5.74) is 12.5. The lowest BCUT2D eigenvalue weighted by Crippen LogP contribution is -2.17. The number of benzene rings is 2. The van der Waals surface area contributed by atoms with E-state index in [4.69, 9.17) is 15.2 Å². The van der Waals surface area contributed by atoms with E-state index in [-0.39, 0.29) is 6.04 Å². The summed E-state index contributed by atoms with van der Waals surface area (Å²) in [7, 11) is 0. The van der Waals surface area contributed by atoms with Crippen molar-refractivity contribution < 1.29 is 9.47 Å². The monoisotopic (exact) mass is 281 g/mol. The zero-order valence-electron chi connectivity index (χ0n) is 12.0. The number of hydrogen-bond acceptors (Lipinski definition) is 3. The summed E-state index contributed by atoms with van der Waals surface area (Å²) in [5, 5.41) is 0. The molecular formula is C18H19NO2. The van der Waals surface area contributed by atoms with Crippen LogP contribution >= 0.6 is 0 Å². The third-order valence-corrected chi connectivity index (χ3v) is 4.40. The number of hydrogen-bond donors (Lipinski definition) is 1. The van der Waals surface area contributed by atoms with Crippen molar-refractivity contribution in [3.05, 3.63) is 64.2 Å². The van der Waals surface area contributed by atoms with Gasteiger partial charge in [0.2, 0.25) is 0 Å². The maximum absolute atomic E-state index is 6.51. The normalized spacial score (nSPS) is 17.8. The first-order valence-corrected chi connectivity index (χ1v) is 7.52. The van der Waals surface area contributed by atoms with Gasteiger partial charge in [0.05, 0.1) is 25.9 Å². The Labute approximate surface area is 124 Å². The molecular weight excluding hydrogens is 262 g/mol. The molecule has 2 aromatic carbocycles. The van der Waals surface area contributed by atoms with Gasteiger partial charge in [-0.25, -0.2) is 0 Å². The van der Waals surface area contributed by atoms with E-state index in [2.05, 4.69) is 36.4 Å². The highest BCUT2D eigenvalue weighted by molar-refractivity contribution is 5.48. The topological polar surface area (TPSA) is 44.5 Å². The molecule has 0 aromatic heterocycles. The standard InChI is InChI=1S/C18H19NO2/c19-17(13-6-7-14-10-20-11-15(14)9-13)16-5-1-3-12-4-2-8-21-18(12)16/h1,3,5-7,9,17H,2,4,8,10-11,19H2. The summed E-state index contributed by atoms with van der Waals surface area (Å²) in [4.78, 5) is 0. The van der Waals surface area contributed by atoms with Crippen LogP contribution in [0.25, 0.3) is 0 Å². The number of para-hydroxylation sites is 1. The lowest BCUT2D eigenvalue weighted by atomic mass is 9.93. The van der Waals surface area contributed by atoms with Crippen molar-refractivity contribution in [2.75, 3.05) is 6.61 Å². The zero-order chi connectivity index (χ0) is 14.2. The molecule has 0 bridgehead atoms. The van der Waals surface area contributed by atoms with Gasteiger partial charge >= 0.3 is 0 Å². The van der Waals surface area contributed by atoms with Crippen LogP contribution in [0.3, 0.4) is 0 Å². The second kappa shape index (κ2) is 5.17. The zero-order valence-corrected chi connectivity index (χ0v) is 12.0. The predicted molar refractivity (Wildman–Crippen MR) is 81.2 cm³/mol. The van der Waals surface area contributed by atoms with Crippen molar-refractivity contribution in [2.24, 2.45) is 5.73 Å². The first-order valence-electron chi connectivity index (χ1n) is 7.52. The van der Waals surface area contributed by atoms with Crippen LogP contribution in [0, 0.1) is 0 Å². The molecule has 1 unspecified atom stereocenters. The molecule has 3 heteroatoms. The number of fused-ring (bicyclic) bond motifs is 2. The summed E-state index contributed by atoms with van der Waals surface area (Å²) in [5.74, 6) is 0.994. The van der Waals surface area contributed by atoms with E-state index in [1.54, 1.807) is 0 Å². The summed E-state index contributed by atoms with van der Waals surface area (Å²) in [6.45, 7) is 2.20. The van der Waals surface area contributed by atoms with E-state index >= 15 is 0 Å². The molecule has 108 valence electrons. The minimum absolute atomic E-state index is 0.149. The molecule has 0 saturated carbocycles. The van der Waals surface area contributed by atoms with Gasteiger partial charge in [0.1, 0.15) is 5.75 Å². The highest BCUT2D eigenvalue weighted by Gasteiger charge is 2.21. The molecule has 2 aromatic rings. The average molecular weight is 281 g/mol. The Morgan fingerprint density at radius 1 is 1.00 bits per heavy atom. The van der Waals surface area contributed by atoms with Crippen LogP contribution in [0.4, 0.5) is 0 Å². The van der Waals surface area contributed by atoms with Gasteiger partial charge in [-0.3, -0.25) is 0 Å². The minimum Gasteiger partial charge on any atom is -0.493 e. The number of aryl methyl sites for hydroxylation is 1. The fourth-order valence-electron chi connectivity index (χ4n) is 3.22. The largest absolute Gasteiger partial charge is 0.493 e. The van der Waals surface area contributed by atoms with Crippen LogP contribution in [0.2, 0.25) is 0 Å². The number of rotatable bonds is 2. The minimum atomic E-state index is -0.149. The van der Waals surface area contributed by atoms with E-state index in [1.807, 2.05) is 0 Å². The molecule has 1 atom stereocenters. The van der Waals surface area contributed by atoms with E-state index in [0.29, 0.717) is 13.2 Å². The van der Waals surface area contributed by atoms with Crippen LogP contribution in [-0.4, -0.2) is 6.61 Å². The molecule has 0 radical (unpaired) electrons. The van der Waals surface area contributed by atoms with Crippen LogP contribution < -0.4 is 10.5 Å². The van der Waals surface area contributed by atoms with Gasteiger partial charge in [-0.2, -0.15) is 0 Å². The Bertz CT molecular complexity index is 681. The predicted octanol–water partition coefficient (Wildman–Crippen LogP) is 3.09. The fourth-order valence-corrected chi connectivity index (χ4v) is 3.22. The quantitative estimate of drug-likeness (QED) is 0.920. The van der Waals surface area contributed by atoms with Gasteiger partial charge in [0.25, 0.3) is 0 Å². The average Bonchev–Trinajstić information content (AvgIpc) is 3.01. The smallest absolute Gasteiger partial charge is 0.127 e. The fraction of sp³-hybridized carbons (Fsp3) is 0.333. The van der Waals surface area contributed by atoms with Crippen LogP contribution in [0.15, 0.2) is 36.4 Å². The molecule has 21 heavy (non-hydrogen) atoms. The van der Waals surface area contributed by atoms with E-state index in [0.717, 1.165) is 36.3 Å². The molecule has 0 fully saturated rings. The third kappa shape index (κ3) is 2.23. The second-order valence-electron chi connectivity index (χ2n) is 5.79. The summed E-state index contributed by atoms with van der Waals surface area (Å²) in [6.07, 6.45) is 2.16. The van der Waals surface area contributed by atoms with E-state index < -0.39 is 0 Å². The van der Waals surface area contributed by atoms with Gasteiger partial charge in [-0.15, -0.1) is 0 Å². The molecule has 2 heterocycles. The Kier molecular flexibility index (Phi) is 3.17.